The Morgan fingerprint density at radius 3 is 2.83 bits per heavy atom. The van der Waals surface area contributed by atoms with E-state index >= 15 is 0 Å². The third kappa shape index (κ3) is 4.34. The lowest BCUT2D eigenvalue weighted by molar-refractivity contribution is -0.143. The van der Waals surface area contributed by atoms with Crippen LogP contribution in [0.1, 0.15) is 43.5 Å². The maximum absolute atomic E-state index is 12.6. The molecule has 1 unspecified atom stereocenters. The van der Waals surface area contributed by atoms with Gasteiger partial charge in [0.05, 0.1) is 12.2 Å². The summed E-state index contributed by atoms with van der Waals surface area (Å²) >= 11 is 6.12. The van der Waals surface area contributed by atoms with E-state index in [4.69, 9.17) is 16.3 Å². The minimum atomic E-state index is -0.978. The summed E-state index contributed by atoms with van der Waals surface area (Å²) in [4.78, 5) is 29.4. The van der Waals surface area contributed by atoms with Crippen molar-refractivity contribution in [1.29, 1.82) is 0 Å². The van der Waals surface area contributed by atoms with Gasteiger partial charge in [0.25, 0.3) is 5.91 Å². The Labute approximate surface area is 140 Å². The fourth-order valence-electron chi connectivity index (χ4n) is 2.49. The van der Waals surface area contributed by atoms with Crippen molar-refractivity contribution in [1.82, 2.24) is 9.88 Å². The molecule has 1 amide bonds. The average Bonchev–Trinajstić information content (AvgIpc) is 2.52. The first-order valence-corrected chi connectivity index (χ1v) is 8.10. The van der Waals surface area contributed by atoms with E-state index in [1.54, 1.807) is 0 Å². The lowest BCUT2D eigenvalue weighted by Gasteiger charge is -2.32. The van der Waals surface area contributed by atoms with Crippen molar-refractivity contribution >= 4 is 23.5 Å². The van der Waals surface area contributed by atoms with Gasteiger partial charge in [-0.3, -0.25) is 4.79 Å². The molecule has 7 heteroatoms. The Bertz CT molecular complexity index is 591. The van der Waals surface area contributed by atoms with Crippen LogP contribution in [-0.2, 0) is 4.79 Å². The van der Waals surface area contributed by atoms with E-state index in [2.05, 4.69) is 4.98 Å². The normalized spacial score (nSPS) is 18.1. The van der Waals surface area contributed by atoms with Crippen LogP contribution in [-0.4, -0.2) is 46.1 Å². The predicted octanol–water partition coefficient (Wildman–Crippen LogP) is 2.85. The highest BCUT2D eigenvalue weighted by atomic mass is 35.5. The maximum Gasteiger partial charge on any atom is 0.326 e. The van der Waals surface area contributed by atoms with Crippen LogP contribution in [0.4, 0.5) is 0 Å². The highest BCUT2D eigenvalue weighted by Crippen LogP contribution is 2.25. The summed E-state index contributed by atoms with van der Waals surface area (Å²) in [6, 6.07) is 0.701. The number of nitrogens with zero attached hydrogens (tertiary/aromatic N) is 2. The first-order valence-electron chi connectivity index (χ1n) is 7.72. The zero-order chi connectivity index (χ0) is 17.0. The highest BCUT2D eigenvalue weighted by molar-refractivity contribution is 6.32. The van der Waals surface area contributed by atoms with Crippen LogP contribution in [0.2, 0.25) is 5.02 Å². The number of hydrogen-bond acceptors (Lipinski definition) is 4. The van der Waals surface area contributed by atoms with Gasteiger partial charge >= 0.3 is 5.97 Å². The van der Waals surface area contributed by atoms with Gasteiger partial charge in [0.15, 0.2) is 0 Å². The highest BCUT2D eigenvalue weighted by Gasteiger charge is 2.32. The zero-order valence-corrected chi connectivity index (χ0v) is 14.0. The summed E-state index contributed by atoms with van der Waals surface area (Å²) < 4.78 is 5.48. The first-order chi connectivity index (χ1) is 10.9. The molecule has 1 atom stereocenters. The Morgan fingerprint density at radius 2 is 2.22 bits per heavy atom. The van der Waals surface area contributed by atoms with Gasteiger partial charge in [-0.15, -0.1) is 0 Å². The molecular weight excluding hydrogens is 320 g/mol. The van der Waals surface area contributed by atoms with Crippen molar-refractivity contribution < 1.29 is 19.4 Å². The summed E-state index contributed by atoms with van der Waals surface area (Å²) in [5.74, 6) is -0.722. The molecule has 1 fully saturated rings. The maximum atomic E-state index is 12.6. The lowest BCUT2D eigenvalue weighted by Crippen LogP contribution is -2.48. The van der Waals surface area contributed by atoms with Crippen LogP contribution in [0.5, 0.6) is 5.88 Å². The number of ether oxygens (including phenoxy) is 1. The van der Waals surface area contributed by atoms with E-state index in [1.807, 2.05) is 13.8 Å². The minimum absolute atomic E-state index is 0.250. The van der Waals surface area contributed by atoms with Crippen LogP contribution >= 0.6 is 11.6 Å². The smallest absolute Gasteiger partial charge is 0.326 e. The van der Waals surface area contributed by atoms with Crippen molar-refractivity contribution in [3.8, 4) is 5.88 Å². The number of carbonyl (C=O) groups is 2. The molecule has 2 rings (SSSR count). The van der Waals surface area contributed by atoms with E-state index in [1.165, 1.54) is 17.2 Å². The summed E-state index contributed by atoms with van der Waals surface area (Å²) in [6.45, 7) is 4.93. The van der Waals surface area contributed by atoms with Crippen LogP contribution in [0.15, 0.2) is 12.3 Å². The van der Waals surface area contributed by atoms with Gasteiger partial charge in [-0.2, -0.15) is 0 Å². The quantitative estimate of drug-likeness (QED) is 0.891. The van der Waals surface area contributed by atoms with E-state index in [-0.39, 0.29) is 22.4 Å². The van der Waals surface area contributed by atoms with E-state index in [0.717, 1.165) is 12.8 Å². The summed E-state index contributed by atoms with van der Waals surface area (Å²) in [7, 11) is 0. The number of carboxylic acid groups (broad SMARTS) is 1. The molecule has 0 radical (unpaired) electrons. The van der Waals surface area contributed by atoms with Gasteiger partial charge in [-0.05, 0) is 31.2 Å². The second-order valence-corrected chi connectivity index (χ2v) is 6.47. The summed E-state index contributed by atoms with van der Waals surface area (Å²) in [5, 5.41) is 9.52. The Hall–Kier alpha value is -1.82. The molecule has 0 aliphatic carbocycles. The SMILES string of the molecule is CC(C)COc1ncc(C(=O)N2CCCCC2C(=O)O)cc1Cl. The van der Waals surface area contributed by atoms with Gasteiger partial charge in [-0.25, -0.2) is 9.78 Å². The van der Waals surface area contributed by atoms with Gasteiger partial charge in [-0.1, -0.05) is 25.4 Å². The van der Waals surface area contributed by atoms with Crippen LogP contribution in [0.25, 0.3) is 0 Å². The van der Waals surface area contributed by atoms with Gasteiger partial charge in [0, 0.05) is 12.7 Å². The minimum Gasteiger partial charge on any atom is -0.480 e. The number of likely N-dealkylation sites (tertiary alicyclic amines) is 1. The molecule has 0 spiro atoms. The zero-order valence-electron chi connectivity index (χ0n) is 13.3. The van der Waals surface area contributed by atoms with Crippen molar-refractivity contribution in [3.05, 3.63) is 22.8 Å². The molecule has 23 heavy (non-hydrogen) atoms. The first kappa shape index (κ1) is 17.5. The number of rotatable bonds is 5. The predicted molar refractivity (Wildman–Crippen MR) is 85.9 cm³/mol. The van der Waals surface area contributed by atoms with E-state index in [0.29, 0.717) is 25.5 Å². The number of halogens is 1. The van der Waals surface area contributed by atoms with Gasteiger partial charge in [0.2, 0.25) is 5.88 Å². The Kier molecular flexibility index (Phi) is 5.82. The van der Waals surface area contributed by atoms with Crippen molar-refractivity contribution in [2.24, 2.45) is 5.92 Å². The van der Waals surface area contributed by atoms with Crippen LogP contribution in [0, 0.1) is 5.92 Å². The molecule has 1 aliphatic heterocycles. The molecule has 0 aromatic carbocycles. The number of amides is 1. The summed E-state index contributed by atoms with van der Waals surface area (Å²) in [5.41, 5.74) is 0.278. The number of aromatic nitrogens is 1. The average molecular weight is 341 g/mol. The molecule has 1 aliphatic rings. The number of aliphatic carboxylic acids is 1. The molecule has 0 saturated carbocycles. The number of carboxylic acids is 1. The third-order valence-corrected chi connectivity index (χ3v) is 3.93. The Balaban J connectivity index is 2.15. The van der Waals surface area contributed by atoms with Crippen molar-refractivity contribution in [2.45, 2.75) is 39.2 Å². The van der Waals surface area contributed by atoms with Crippen molar-refractivity contribution in [2.75, 3.05) is 13.2 Å². The molecule has 1 aromatic rings. The van der Waals surface area contributed by atoms with Crippen molar-refractivity contribution in [3.63, 3.8) is 0 Å². The molecule has 0 bridgehead atoms. The number of pyridine rings is 1. The second kappa shape index (κ2) is 7.64. The summed E-state index contributed by atoms with van der Waals surface area (Å²) in [6.07, 6.45) is 3.46. The molecule has 1 saturated heterocycles. The standard InChI is InChI=1S/C16H21ClN2O4/c1-10(2)9-23-14-12(17)7-11(8-18-14)15(20)19-6-4-3-5-13(19)16(21)22/h7-8,10,13H,3-6,9H2,1-2H3,(H,21,22). The second-order valence-electron chi connectivity index (χ2n) is 6.06. The Morgan fingerprint density at radius 1 is 1.48 bits per heavy atom. The van der Waals surface area contributed by atoms with Gasteiger partial charge < -0.3 is 14.7 Å². The fraction of sp³-hybridized carbons (Fsp3) is 0.562. The largest absolute Gasteiger partial charge is 0.480 e. The topological polar surface area (TPSA) is 79.7 Å². The molecule has 126 valence electrons. The molecule has 2 heterocycles. The monoisotopic (exact) mass is 340 g/mol. The fourth-order valence-corrected chi connectivity index (χ4v) is 2.71. The van der Waals surface area contributed by atoms with Gasteiger partial charge in [0.1, 0.15) is 11.1 Å². The molecule has 1 aromatic heterocycles. The lowest BCUT2D eigenvalue weighted by atomic mass is 10.0. The third-order valence-electron chi connectivity index (χ3n) is 3.66. The number of carbonyl (C=O) groups excluding carboxylic acids is 1. The molecular formula is C16H21ClN2O4. The van der Waals surface area contributed by atoms with Crippen LogP contribution < -0.4 is 4.74 Å². The number of piperidine rings is 1. The number of hydrogen-bond donors (Lipinski definition) is 1. The van der Waals surface area contributed by atoms with E-state index < -0.39 is 12.0 Å². The van der Waals surface area contributed by atoms with E-state index in [9.17, 15) is 14.7 Å². The molecule has 1 N–H and O–H groups in total. The van der Waals surface area contributed by atoms with Crippen LogP contribution in [0.3, 0.4) is 0 Å². The molecule has 6 nitrogen and oxygen atoms in total.